The topological polar surface area (TPSA) is 145 Å². The van der Waals surface area contributed by atoms with Crippen molar-refractivity contribution in [2.45, 2.75) is 5.92 Å². The number of H-pyrrole nitrogens is 1. The third kappa shape index (κ3) is 3.56. The molecule has 1 aliphatic rings. The highest BCUT2D eigenvalue weighted by atomic mass is 35.5. The lowest BCUT2D eigenvalue weighted by Gasteiger charge is -2.25. The van der Waals surface area contributed by atoms with Crippen LogP contribution in [0, 0.1) is 11.3 Å². The number of aromatic hydroxyl groups is 1. The summed E-state index contributed by atoms with van der Waals surface area (Å²) in [5.41, 5.74) is 8.44. The van der Waals surface area contributed by atoms with Crippen molar-refractivity contribution in [3.63, 3.8) is 0 Å². The first-order valence-corrected chi connectivity index (χ1v) is 10.3. The summed E-state index contributed by atoms with van der Waals surface area (Å²) < 4.78 is 27.3. The van der Waals surface area contributed by atoms with Crippen LogP contribution in [0.3, 0.4) is 0 Å². The molecule has 1 atom stereocenters. The molecule has 0 aliphatic carbocycles. The summed E-state index contributed by atoms with van der Waals surface area (Å²) in [6.45, 7) is 0. The summed E-state index contributed by atoms with van der Waals surface area (Å²) in [6.07, 6.45) is 0. The van der Waals surface area contributed by atoms with Gasteiger partial charge in [-0.05, 0) is 29.8 Å². The van der Waals surface area contributed by atoms with Crippen molar-refractivity contribution >= 4 is 11.6 Å². The molecule has 0 bridgehead atoms. The average molecular weight is 485 g/mol. The second-order valence-corrected chi connectivity index (χ2v) is 7.62. The number of rotatable bonds is 6. The highest BCUT2D eigenvalue weighted by Gasteiger charge is 2.37. The monoisotopic (exact) mass is 484 g/mol. The first-order valence-electron chi connectivity index (χ1n) is 9.91. The van der Waals surface area contributed by atoms with Gasteiger partial charge >= 0.3 is 0 Å². The number of nitrogens with zero attached hydrogens (tertiary/aromatic N) is 2. The molecule has 3 aromatic rings. The van der Waals surface area contributed by atoms with Crippen LogP contribution >= 0.6 is 11.6 Å². The molecule has 10 nitrogen and oxygen atoms in total. The van der Waals surface area contributed by atoms with Gasteiger partial charge in [-0.15, -0.1) is 5.10 Å². The van der Waals surface area contributed by atoms with E-state index in [1.165, 1.54) is 34.5 Å². The van der Waals surface area contributed by atoms with Gasteiger partial charge in [0, 0.05) is 5.56 Å². The van der Waals surface area contributed by atoms with Crippen LogP contribution in [0.1, 0.15) is 17.0 Å². The highest BCUT2D eigenvalue weighted by Crippen LogP contribution is 2.50. The average Bonchev–Trinajstić information content (AvgIpc) is 3.26. The molecular weight excluding hydrogens is 464 g/mol. The van der Waals surface area contributed by atoms with E-state index in [2.05, 4.69) is 16.3 Å². The molecule has 0 unspecified atom stereocenters. The number of nitriles is 1. The van der Waals surface area contributed by atoms with Gasteiger partial charge in [0.2, 0.25) is 17.5 Å². The van der Waals surface area contributed by atoms with E-state index in [4.69, 9.17) is 41.0 Å². The van der Waals surface area contributed by atoms with Crippen molar-refractivity contribution in [1.82, 2.24) is 10.2 Å². The zero-order chi connectivity index (χ0) is 24.6. The Morgan fingerprint density at radius 3 is 2.26 bits per heavy atom. The highest BCUT2D eigenvalue weighted by molar-refractivity contribution is 6.32. The van der Waals surface area contributed by atoms with Crippen molar-refractivity contribution < 1.29 is 28.8 Å². The Bertz CT molecular complexity index is 1320. The summed E-state index contributed by atoms with van der Waals surface area (Å²) in [6, 6.07) is 8.72. The third-order valence-electron chi connectivity index (χ3n) is 5.50. The van der Waals surface area contributed by atoms with Crippen LogP contribution in [0.25, 0.3) is 11.3 Å². The number of benzene rings is 2. The summed E-state index contributed by atoms with van der Waals surface area (Å²) in [5.74, 6) is 0.577. The van der Waals surface area contributed by atoms with Crippen molar-refractivity contribution in [3.05, 3.63) is 51.9 Å². The Kier molecular flexibility index (Phi) is 6.04. The molecule has 1 aromatic heterocycles. The summed E-state index contributed by atoms with van der Waals surface area (Å²) >= 11 is 6.25. The normalized spacial score (nSPS) is 14.6. The number of hydrogen-bond donors (Lipinski definition) is 3. The SMILES string of the molecule is COc1cc([C@@H]2C(C#N)=C(N)Oc3n[nH]c(-c4cc(OC)c(OC)c(OC)c4)c32)cc(Cl)c1O. The van der Waals surface area contributed by atoms with Gasteiger partial charge in [0.25, 0.3) is 0 Å². The summed E-state index contributed by atoms with van der Waals surface area (Å²) in [5, 5.41) is 27.4. The minimum atomic E-state index is -0.728. The number of ether oxygens (including phenoxy) is 5. The van der Waals surface area contributed by atoms with E-state index in [-0.39, 0.29) is 33.9 Å². The zero-order valence-corrected chi connectivity index (χ0v) is 19.5. The molecule has 0 spiro atoms. The molecule has 0 saturated carbocycles. The molecule has 0 amide bonds. The van der Waals surface area contributed by atoms with Gasteiger partial charge in [-0.2, -0.15) is 5.26 Å². The lowest BCUT2D eigenvalue weighted by atomic mass is 9.83. The molecule has 11 heteroatoms. The van der Waals surface area contributed by atoms with E-state index in [0.717, 1.165) is 0 Å². The number of fused-ring (bicyclic) bond motifs is 1. The van der Waals surface area contributed by atoms with Gasteiger partial charge in [-0.1, -0.05) is 11.6 Å². The molecule has 2 aromatic carbocycles. The molecule has 34 heavy (non-hydrogen) atoms. The number of halogens is 1. The number of aromatic nitrogens is 2. The van der Waals surface area contributed by atoms with Crippen molar-refractivity contribution in [2.75, 3.05) is 28.4 Å². The molecule has 1 aliphatic heterocycles. The van der Waals surface area contributed by atoms with E-state index >= 15 is 0 Å². The van der Waals surface area contributed by atoms with Crippen LogP contribution < -0.4 is 29.4 Å². The summed E-state index contributed by atoms with van der Waals surface area (Å²) in [4.78, 5) is 0. The zero-order valence-electron chi connectivity index (χ0n) is 18.7. The number of phenols is 1. The maximum Gasteiger partial charge on any atom is 0.244 e. The Balaban J connectivity index is 1.99. The van der Waals surface area contributed by atoms with Crippen molar-refractivity contribution in [1.29, 1.82) is 5.26 Å². The van der Waals surface area contributed by atoms with Crippen molar-refractivity contribution in [3.8, 4) is 52.0 Å². The molecule has 0 saturated heterocycles. The minimum Gasteiger partial charge on any atom is -0.503 e. The molecule has 0 radical (unpaired) electrons. The lowest BCUT2D eigenvalue weighted by molar-refractivity contribution is 0.324. The van der Waals surface area contributed by atoms with Crippen LogP contribution in [0.15, 0.2) is 35.7 Å². The van der Waals surface area contributed by atoms with Crippen LogP contribution in [0.2, 0.25) is 5.02 Å². The molecule has 176 valence electrons. The first-order chi connectivity index (χ1) is 16.4. The number of hydrogen-bond acceptors (Lipinski definition) is 9. The second-order valence-electron chi connectivity index (χ2n) is 7.21. The van der Waals surface area contributed by atoms with Crippen LogP contribution in [-0.2, 0) is 0 Å². The largest absolute Gasteiger partial charge is 0.503 e. The Morgan fingerprint density at radius 2 is 1.71 bits per heavy atom. The minimum absolute atomic E-state index is 0.0519. The Labute approximate surface area is 200 Å². The van der Waals surface area contributed by atoms with Gasteiger partial charge in [0.05, 0.1) is 50.6 Å². The smallest absolute Gasteiger partial charge is 0.244 e. The van der Waals surface area contributed by atoms with Crippen LogP contribution in [0.4, 0.5) is 0 Å². The Hall–Kier alpha value is -4.23. The maximum absolute atomic E-state index is 10.2. The fourth-order valence-corrected chi connectivity index (χ4v) is 4.16. The number of nitrogens with one attached hydrogen (secondary N) is 1. The number of allylic oxidation sites excluding steroid dienone is 1. The van der Waals surface area contributed by atoms with Crippen LogP contribution in [0.5, 0.6) is 34.6 Å². The lowest BCUT2D eigenvalue weighted by Crippen LogP contribution is -2.21. The Morgan fingerprint density at radius 1 is 1.06 bits per heavy atom. The van der Waals surface area contributed by atoms with E-state index in [0.29, 0.717) is 39.6 Å². The van der Waals surface area contributed by atoms with Gasteiger partial charge in [0.15, 0.2) is 23.0 Å². The number of nitrogens with two attached hydrogens (primary N) is 1. The van der Waals surface area contributed by atoms with E-state index in [1.807, 2.05) is 0 Å². The number of aromatic amines is 1. The van der Waals surface area contributed by atoms with Crippen LogP contribution in [-0.4, -0.2) is 43.7 Å². The third-order valence-corrected chi connectivity index (χ3v) is 5.78. The molecule has 0 fully saturated rings. The number of phenolic OH excluding ortho intramolecular Hbond substituents is 1. The quantitative estimate of drug-likeness (QED) is 0.476. The fourth-order valence-electron chi connectivity index (χ4n) is 3.94. The second kappa shape index (κ2) is 8.96. The van der Waals surface area contributed by atoms with Gasteiger partial charge < -0.3 is 34.5 Å². The molecule has 4 rings (SSSR count). The first kappa shape index (κ1) is 22.9. The molecule has 4 N–H and O–H groups in total. The predicted molar refractivity (Wildman–Crippen MR) is 123 cm³/mol. The van der Waals surface area contributed by atoms with Gasteiger partial charge in [-0.25, -0.2) is 0 Å². The van der Waals surface area contributed by atoms with Gasteiger partial charge in [0.1, 0.15) is 11.6 Å². The molecular formula is C23H21ClN4O6. The van der Waals surface area contributed by atoms with Crippen molar-refractivity contribution in [2.24, 2.45) is 5.73 Å². The number of methoxy groups -OCH3 is 4. The van der Waals surface area contributed by atoms with E-state index in [9.17, 15) is 10.4 Å². The maximum atomic E-state index is 10.2. The predicted octanol–water partition coefficient (Wildman–Crippen LogP) is 3.69. The fraction of sp³-hybridized carbons (Fsp3) is 0.217. The van der Waals surface area contributed by atoms with E-state index < -0.39 is 5.92 Å². The molecule has 2 heterocycles. The standard InChI is InChI=1S/C23H21ClN4O6/c1-30-14-6-10(5-13(24)20(14)29)17-12(9-25)22(26)34-23-18(17)19(27-28-23)11-7-15(31-2)21(33-4)16(8-11)32-3/h5-8,17,29H,26H2,1-4H3,(H,27,28)/t17-/m1/s1. The van der Waals surface area contributed by atoms with E-state index in [1.54, 1.807) is 18.2 Å². The summed E-state index contributed by atoms with van der Waals surface area (Å²) in [7, 11) is 5.94. The van der Waals surface area contributed by atoms with Gasteiger partial charge in [-0.3, -0.25) is 5.10 Å².